The van der Waals surface area contributed by atoms with Crippen LogP contribution in [0.25, 0.3) is 0 Å². The van der Waals surface area contributed by atoms with E-state index in [1.807, 2.05) is 0 Å². The van der Waals surface area contributed by atoms with Crippen LogP contribution in [0.15, 0.2) is 12.2 Å². The molecular weight excluding hydrogens is 361 g/mol. The maximum Gasteiger partial charge on any atom is 0.392 e. The van der Waals surface area contributed by atoms with Gasteiger partial charge in [-0.25, -0.2) is 9.59 Å². The Morgan fingerprint density at radius 2 is 1.61 bits per heavy atom. The molecule has 0 radical (unpaired) electrons. The molecule has 0 fully saturated rings. The second-order valence-corrected chi connectivity index (χ2v) is 5.01. The van der Waals surface area contributed by atoms with Gasteiger partial charge in [0.25, 0.3) is 0 Å². The predicted molar refractivity (Wildman–Crippen MR) is 65.2 cm³/mol. The van der Waals surface area contributed by atoms with Crippen LogP contribution in [0.5, 0.6) is 0 Å². The van der Waals surface area contributed by atoms with E-state index in [0.717, 1.165) is 6.92 Å². The van der Waals surface area contributed by atoms with Gasteiger partial charge in [0, 0.05) is 5.57 Å². The lowest BCUT2D eigenvalue weighted by atomic mass is 10.1. The third kappa shape index (κ3) is 8.09. The first-order valence-corrected chi connectivity index (χ1v) is 6.09. The second kappa shape index (κ2) is 7.41. The van der Waals surface area contributed by atoms with E-state index < -0.39 is 54.0 Å². The molecule has 23 heavy (non-hydrogen) atoms. The first-order valence-electron chi connectivity index (χ1n) is 5.64. The monoisotopic (exact) mass is 372 g/mol. The van der Waals surface area contributed by atoms with E-state index >= 15 is 0 Å². The fraction of sp³-hybridized carbons (Fsp3) is 0.636. The average molecular weight is 372 g/mol. The van der Waals surface area contributed by atoms with Gasteiger partial charge in [0.05, 0.1) is 6.42 Å². The summed E-state index contributed by atoms with van der Waals surface area (Å²) in [5.41, 5.74) is -0.511. The molecular formula is C11H11F7O4S. The standard InChI is InChI=1S/C11H11F7O4S/c1-5(2)7(19)22-6(3-9(12,13)14)11(17,18)8(20)21-4-10(15,16)23/h6,23H,1,3-4H2,2H3. The topological polar surface area (TPSA) is 52.6 Å². The lowest BCUT2D eigenvalue weighted by molar-refractivity contribution is -0.221. The Labute approximate surface area is 131 Å². The Morgan fingerprint density at radius 3 is 1.96 bits per heavy atom. The molecule has 0 heterocycles. The van der Waals surface area contributed by atoms with Crippen molar-refractivity contribution in [3.8, 4) is 0 Å². The molecule has 0 aromatic rings. The fourth-order valence-corrected chi connectivity index (χ4v) is 1.13. The number of ether oxygens (including phenoxy) is 2. The minimum absolute atomic E-state index is 0.511. The molecule has 0 saturated carbocycles. The number of carbonyl (C=O) groups excluding carboxylic acids is 2. The Bertz CT molecular complexity index is 470. The SMILES string of the molecule is C=C(C)C(=O)OC(CC(F)(F)F)C(F)(F)C(=O)OCC(F)(F)S. The van der Waals surface area contributed by atoms with Crippen LogP contribution in [0.4, 0.5) is 30.7 Å². The molecule has 0 aromatic heterocycles. The molecule has 4 nitrogen and oxygen atoms in total. The summed E-state index contributed by atoms with van der Waals surface area (Å²) in [6.07, 6.45) is -10.9. The summed E-state index contributed by atoms with van der Waals surface area (Å²) in [4.78, 5) is 22.2. The lowest BCUT2D eigenvalue weighted by Crippen LogP contribution is -2.48. The average Bonchev–Trinajstić information content (AvgIpc) is 2.32. The van der Waals surface area contributed by atoms with Crippen LogP contribution < -0.4 is 0 Å². The van der Waals surface area contributed by atoms with Crippen LogP contribution in [-0.4, -0.2) is 42.0 Å². The van der Waals surface area contributed by atoms with Gasteiger partial charge in [-0.3, -0.25) is 0 Å². The molecule has 0 aromatic carbocycles. The Morgan fingerprint density at radius 1 is 1.13 bits per heavy atom. The Hall–Kier alpha value is -1.46. The molecule has 0 aliphatic rings. The van der Waals surface area contributed by atoms with Crippen molar-refractivity contribution in [1.29, 1.82) is 0 Å². The number of thiol groups is 1. The maximum atomic E-state index is 13.7. The fourth-order valence-electron chi connectivity index (χ4n) is 1.06. The number of halogens is 7. The van der Waals surface area contributed by atoms with Crippen molar-refractivity contribution in [1.82, 2.24) is 0 Å². The first-order chi connectivity index (χ1) is 10.1. The summed E-state index contributed by atoms with van der Waals surface area (Å²) in [6.45, 7) is 2.03. The summed E-state index contributed by atoms with van der Waals surface area (Å²) >= 11 is 2.60. The van der Waals surface area contributed by atoms with Gasteiger partial charge < -0.3 is 9.47 Å². The molecule has 1 atom stereocenters. The summed E-state index contributed by atoms with van der Waals surface area (Å²) in [5.74, 6) is -9.35. The molecule has 0 aliphatic heterocycles. The van der Waals surface area contributed by atoms with Crippen LogP contribution in [-0.2, 0) is 19.1 Å². The van der Waals surface area contributed by atoms with Crippen molar-refractivity contribution < 1.29 is 49.8 Å². The zero-order chi connectivity index (χ0) is 18.6. The molecule has 0 spiro atoms. The second-order valence-electron chi connectivity index (χ2n) is 4.36. The molecule has 0 amide bonds. The van der Waals surface area contributed by atoms with Crippen LogP contribution in [0.3, 0.4) is 0 Å². The van der Waals surface area contributed by atoms with E-state index in [9.17, 15) is 40.3 Å². The molecule has 1 unspecified atom stereocenters. The maximum absolute atomic E-state index is 13.7. The highest BCUT2D eigenvalue weighted by Crippen LogP contribution is 2.33. The highest BCUT2D eigenvalue weighted by atomic mass is 32.1. The third-order valence-electron chi connectivity index (χ3n) is 2.07. The van der Waals surface area contributed by atoms with Crippen LogP contribution >= 0.6 is 12.6 Å². The van der Waals surface area contributed by atoms with Gasteiger partial charge in [0.2, 0.25) is 0 Å². The van der Waals surface area contributed by atoms with Gasteiger partial charge in [-0.1, -0.05) is 6.58 Å². The normalized spacial score (nSPS) is 14.1. The van der Waals surface area contributed by atoms with Gasteiger partial charge in [-0.15, -0.1) is 12.6 Å². The van der Waals surface area contributed by atoms with Crippen molar-refractivity contribution >= 4 is 24.6 Å². The van der Waals surface area contributed by atoms with Crippen LogP contribution in [0.1, 0.15) is 13.3 Å². The number of alkyl halides is 7. The molecule has 134 valence electrons. The van der Waals surface area contributed by atoms with E-state index in [1.165, 1.54) is 0 Å². The Kier molecular flexibility index (Phi) is 6.94. The van der Waals surface area contributed by atoms with Crippen molar-refractivity contribution in [2.45, 2.75) is 36.8 Å². The lowest BCUT2D eigenvalue weighted by Gasteiger charge is -2.26. The van der Waals surface area contributed by atoms with Gasteiger partial charge in [0.1, 0.15) is 0 Å². The molecule has 0 rings (SSSR count). The summed E-state index contributed by atoms with van der Waals surface area (Å²) in [7, 11) is 0. The highest BCUT2D eigenvalue weighted by Gasteiger charge is 2.55. The van der Waals surface area contributed by atoms with Gasteiger partial charge in [-0.2, -0.15) is 30.7 Å². The quantitative estimate of drug-likeness (QED) is 0.323. The van der Waals surface area contributed by atoms with Crippen LogP contribution in [0.2, 0.25) is 0 Å². The van der Waals surface area contributed by atoms with E-state index in [1.54, 1.807) is 0 Å². The Balaban J connectivity index is 5.27. The van der Waals surface area contributed by atoms with Crippen LogP contribution in [0, 0.1) is 0 Å². The zero-order valence-corrected chi connectivity index (χ0v) is 12.3. The number of hydrogen-bond acceptors (Lipinski definition) is 5. The summed E-state index contributed by atoms with van der Waals surface area (Å²) in [5, 5.41) is -3.97. The summed E-state index contributed by atoms with van der Waals surface area (Å²) in [6, 6.07) is 0. The number of esters is 2. The van der Waals surface area contributed by atoms with Gasteiger partial charge >= 0.3 is 29.3 Å². The number of rotatable bonds is 7. The number of carbonyl (C=O) groups is 2. The van der Waals surface area contributed by atoms with E-state index in [-0.39, 0.29) is 0 Å². The van der Waals surface area contributed by atoms with Gasteiger partial charge in [-0.05, 0) is 6.92 Å². The molecule has 0 bridgehead atoms. The minimum atomic E-state index is -5.24. The van der Waals surface area contributed by atoms with Crippen molar-refractivity contribution in [2.24, 2.45) is 0 Å². The van der Waals surface area contributed by atoms with Crippen molar-refractivity contribution in [3.63, 3.8) is 0 Å². The van der Waals surface area contributed by atoms with E-state index in [4.69, 9.17) is 0 Å². The van der Waals surface area contributed by atoms with E-state index in [0.29, 0.717) is 0 Å². The largest absolute Gasteiger partial charge is 0.454 e. The van der Waals surface area contributed by atoms with E-state index in [2.05, 4.69) is 28.7 Å². The smallest absolute Gasteiger partial charge is 0.392 e. The molecule has 0 saturated heterocycles. The highest BCUT2D eigenvalue weighted by molar-refractivity contribution is 7.81. The predicted octanol–water partition coefficient (Wildman–Crippen LogP) is 3.13. The van der Waals surface area contributed by atoms with Gasteiger partial charge in [0.15, 0.2) is 12.7 Å². The molecule has 12 heteroatoms. The molecule has 0 aliphatic carbocycles. The number of hydrogen-bond donors (Lipinski definition) is 1. The minimum Gasteiger partial charge on any atom is -0.454 e. The third-order valence-corrected chi connectivity index (χ3v) is 2.20. The first kappa shape index (κ1) is 21.5. The summed E-state index contributed by atoms with van der Waals surface area (Å²) < 4.78 is 96.3. The molecule has 0 N–H and O–H groups in total. The zero-order valence-electron chi connectivity index (χ0n) is 11.4. The van der Waals surface area contributed by atoms with Crippen molar-refractivity contribution in [3.05, 3.63) is 12.2 Å². The van der Waals surface area contributed by atoms with Crippen molar-refractivity contribution in [2.75, 3.05) is 6.61 Å².